The fourth-order valence-electron chi connectivity index (χ4n) is 3.45. The first-order chi connectivity index (χ1) is 11.0. The van der Waals surface area contributed by atoms with Crippen LogP contribution >= 0.6 is 0 Å². The number of carbonyl (C=O) groups excluding carboxylic acids is 2. The lowest BCUT2D eigenvalue weighted by Gasteiger charge is -2.56. The summed E-state index contributed by atoms with van der Waals surface area (Å²) in [7, 11) is 0. The molecule has 1 aliphatic heterocycles. The lowest BCUT2D eigenvalue weighted by atomic mass is 9.70. The first-order valence-corrected chi connectivity index (χ1v) is 7.92. The number of carbonyl (C=O) groups is 2. The van der Waals surface area contributed by atoms with E-state index in [1.165, 1.54) is 0 Å². The molecule has 3 heteroatoms. The lowest BCUT2D eigenvalue weighted by Crippen LogP contribution is -2.72. The molecule has 23 heavy (non-hydrogen) atoms. The number of hydrogen-bond donors (Lipinski definition) is 0. The SMILES string of the molecule is CC(=O)[C@]1(C)[C@H](C)C(=O)N1C(c1ccccc1)c1ccccc1. The molecule has 0 radical (unpaired) electrons. The van der Waals surface area contributed by atoms with Crippen LogP contribution in [0.2, 0.25) is 0 Å². The van der Waals surface area contributed by atoms with Crippen molar-refractivity contribution in [1.29, 1.82) is 0 Å². The molecule has 0 bridgehead atoms. The minimum atomic E-state index is -0.757. The van der Waals surface area contributed by atoms with E-state index in [9.17, 15) is 9.59 Å². The van der Waals surface area contributed by atoms with Gasteiger partial charge in [-0.25, -0.2) is 0 Å². The Balaban J connectivity index is 2.13. The first-order valence-electron chi connectivity index (χ1n) is 7.92. The van der Waals surface area contributed by atoms with Gasteiger partial charge < -0.3 is 4.90 Å². The summed E-state index contributed by atoms with van der Waals surface area (Å²) in [5.74, 6) is -0.225. The van der Waals surface area contributed by atoms with Crippen LogP contribution in [0.5, 0.6) is 0 Å². The van der Waals surface area contributed by atoms with Crippen molar-refractivity contribution < 1.29 is 9.59 Å². The van der Waals surface area contributed by atoms with E-state index in [0.29, 0.717) is 0 Å². The number of likely N-dealkylation sites (tertiary alicyclic amines) is 1. The number of benzene rings is 2. The second kappa shape index (κ2) is 5.65. The Hall–Kier alpha value is -2.42. The zero-order valence-corrected chi connectivity index (χ0v) is 13.7. The summed E-state index contributed by atoms with van der Waals surface area (Å²) in [5.41, 5.74) is 1.28. The van der Waals surface area contributed by atoms with Crippen LogP contribution in [0.3, 0.4) is 0 Å². The number of ketones is 1. The molecule has 2 aromatic carbocycles. The van der Waals surface area contributed by atoms with Crippen molar-refractivity contribution in [2.45, 2.75) is 32.4 Å². The van der Waals surface area contributed by atoms with E-state index in [4.69, 9.17) is 0 Å². The molecule has 0 unspecified atom stereocenters. The van der Waals surface area contributed by atoms with Gasteiger partial charge in [0, 0.05) is 0 Å². The summed E-state index contributed by atoms with van der Waals surface area (Å²) in [6.07, 6.45) is 0. The normalized spacial score (nSPS) is 23.7. The van der Waals surface area contributed by atoms with Gasteiger partial charge in [0.05, 0.1) is 12.0 Å². The van der Waals surface area contributed by atoms with Gasteiger partial charge in [-0.15, -0.1) is 0 Å². The number of β-lactam (4-membered cyclic amide) rings is 1. The first kappa shape index (κ1) is 15.5. The predicted molar refractivity (Wildman–Crippen MR) is 89.8 cm³/mol. The highest BCUT2D eigenvalue weighted by molar-refractivity contribution is 6.03. The number of Topliss-reactive ketones (excluding diaryl/α,β-unsaturated/α-hetero) is 1. The Morgan fingerprint density at radius 3 is 1.83 bits per heavy atom. The van der Waals surface area contributed by atoms with E-state index >= 15 is 0 Å². The Morgan fingerprint density at radius 1 is 1.00 bits per heavy atom. The molecule has 1 heterocycles. The quantitative estimate of drug-likeness (QED) is 0.809. The molecule has 2 aromatic rings. The molecule has 0 aliphatic carbocycles. The van der Waals surface area contributed by atoms with Gasteiger partial charge in [-0.1, -0.05) is 67.6 Å². The number of amides is 1. The van der Waals surface area contributed by atoms with Crippen LogP contribution in [0.1, 0.15) is 37.9 Å². The molecule has 0 aromatic heterocycles. The lowest BCUT2D eigenvalue weighted by molar-refractivity contribution is -0.177. The molecule has 0 saturated carbocycles. The van der Waals surface area contributed by atoms with Crippen LogP contribution in [0.4, 0.5) is 0 Å². The molecule has 0 spiro atoms. The Bertz CT molecular complexity index is 686. The predicted octanol–water partition coefficient (Wildman–Crippen LogP) is 3.60. The third-order valence-corrected chi connectivity index (χ3v) is 5.15. The highest BCUT2D eigenvalue weighted by atomic mass is 16.2. The molecule has 2 atom stereocenters. The number of nitrogens with zero attached hydrogens (tertiary/aromatic N) is 1. The van der Waals surface area contributed by atoms with Crippen LogP contribution in [0, 0.1) is 5.92 Å². The molecule has 3 rings (SSSR count). The maximum Gasteiger partial charge on any atom is 0.229 e. The fourth-order valence-corrected chi connectivity index (χ4v) is 3.45. The summed E-state index contributed by atoms with van der Waals surface area (Å²) in [6, 6.07) is 19.6. The van der Waals surface area contributed by atoms with Gasteiger partial charge in [0.2, 0.25) is 5.91 Å². The standard InChI is InChI=1S/C20H21NO2/c1-14-19(23)21(20(14,3)15(2)22)18(16-10-6-4-7-11-16)17-12-8-5-9-13-17/h4-14,18H,1-3H3/t14-,20+/m1/s1. The maximum atomic E-state index is 12.6. The van der Waals surface area contributed by atoms with Crippen molar-refractivity contribution >= 4 is 11.7 Å². The van der Waals surface area contributed by atoms with Crippen molar-refractivity contribution in [3.05, 3.63) is 71.8 Å². The summed E-state index contributed by atoms with van der Waals surface area (Å²) >= 11 is 0. The molecule has 118 valence electrons. The monoisotopic (exact) mass is 307 g/mol. The van der Waals surface area contributed by atoms with Gasteiger partial charge in [-0.3, -0.25) is 9.59 Å². The highest BCUT2D eigenvalue weighted by Gasteiger charge is 2.60. The molecule has 0 N–H and O–H groups in total. The van der Waals surface area contributed by atoms with Gasteiger partial charge in [0.15, 0.2) is 5.78 Å². The van der Waals surface area contributed by atoms with E-state index in [1.807, 2.05) is 74.5 Å². The van der Waals surface area contributed by atoms with Gasteiger partial charge in [0.1, 0.15) is 5.54 Å². The van der Waals surface area contributed by atoms with E-state index in [0.717, 1.165) is 11.1 Å². The van der Waals surface area contributed by atoms with Gasteiger partial charge in [0.25, 0.3) is 0 Å². The third kappa shape index (κ3) is 2.27. The minimum Gasteiger partial charge on any atom is -0.318 e. The third-order valence-electron chi connectivity index (χ3n) is 5.15. The van der Waals surface area contributed by atoms with Crippen LogP contribution in [0.15, 0.2) is 60.7 Å². The molecular formula is C20H21NO2. The zero-order chi connectivity index (χ0) is 16.6. The zero-order valence-electron chi connectivity index (χ0n) is 13.7. The Labute approximate surface area is 136 Å². The van der Waals surface area contributed by atoms with E-state index in [2.05, 4.69) is 0 Å². The summed E-state index contributed by atoms with van der Waals surface area (Å²) in [4.78, 5) is 26.7. The second-order valence-electron chi connectivity index (χ2n) is 6.36. The van der Waals surface area contributed by atoms with Gasteiger partial charge in [-0.2, -0.15) is 0 Å². The minimum absolute atomic E-state index is 0.0282. The molecule has 1 amide bonds. The van der Waals surface area contributed by atoms with Crippen molar-refractivity contribution in [1.82, 2.24) is 4.90 Å². The number of rotatable bonds is 4. The van der Waals surface area contributed by atoms with E-state index in [1.54, 1.807) is 11.8 Å². The molecule has 1 fully saturated rings. The largest absolute Gasteiger partial charge is 0.318 e. The summed E-state index contributed by atoms with van der Waals surface area (Å²) in [5, 5.41) is 0. The van der Waals surface area contributed by atoms with Crippen molar-refractivity contribution in [3.8, 4) is 0 Å². The smallest absolute Gasteiger partial charge is 0.229 e. The van der Waals surface area contributed by atoms with Crippen LogP contribution in [0.25, 0.3) is 0 Å². The van der Waals surface area contributed by atoms with Crippen molar-refractivity contribution in [2.75, 3.05) is 0 Å². The van der Waals surface area contributed by atoms with Gasteiger partial charge >= 0.3 is 0 Å². The van der Waals surface area contributed by atoms with E-state index < -0.39 is 5.54 Å². The average Bonchev–Trinajstić information content (AvgIpc) is 2.59. The summed E-state index contributed by atoms with van der Waals surface area (Å²) in [6.45, 7) is 5.29. The highest BCUT2D eigenvalue weighted by Crippen LogP contribution is 2.46. The molecule has 1 saturated heterocycles. The maximum absolute atomic E-state index is 12.6. The molecule has 1 aliphatic rings. The van der Waals surface area contributed by atoms with Crippen molar-refractivity contribution in [2.24, 2.45) is 5.92 Å². The van der Waals surface area contributed by atoms with Gasteiger partial charge in [-0.05, 0) is 25.0 Å². The Morgan fingerprint density at radius 2 is 1.43 bits per heavy atom. The summed E-state index contributed by atoms with van der Waals surface area (Å²) < 4.78 is 0. The van der Waals surface area contributed by atoms with E-state index in [-0.39, 0.29) is 23.7 Å². The average molecular weight is 307 g/mol. The van der Waals surface area contributed by atoms with Crippen LogP contribution in [-0.4, -0.2) is 22.1 Å². The van der Waals surface area contributed by atoms with Crippen molar-refractivity contribution in [3.63, 3.8) is 0 Å². The fraction of sp³-hybridized carbons (Fsp3) is 0.300. The van der Waals surface area contributed by atoms with Crippen LogP contribution in [-0.2, 0) is 9.59 Å². The molecular weight excluding hydrogens is 286 g/mol. The second-order valence-corrected chi connectivity index (χ2v) is 6.36. The topological polar surface area (TPSA) is 37.4 Å². The molecule has 3 nitrogen and oxygen atoms in total. The van der Waals surface area contributed by atoms with Crippen LogP contribution < -0.4 is 0 Å². The number of hydrogen-bond acceptors (Lipinski definition) is 2. The Kier molecular flexibility index (Phi) is 3.80.